The number of carbonyl (C=O) groups excluding carboxylic acids is 1. The molecule has 6 heteroatoms. The highest BCUT2D eigenvalue weighted by atomic mass is 32.2. The van der Waals surface area contributed by atoms with Crippen molar-refractivity contribution in [2.24, 2.45) is 0 Å². The molecule has 0 aliphatic carbocycles. The minimum atomic E-state index is -3.63. The van der Waals surface area contributed by atoms with E-state index in [1.807, 2.05) is 6.92 Å². The molecule has 0 saturated carbocycles. The highest BCUT2D eigenvalue weighted by Gasteiger charge is 2.25. The zero-order chi connectivity index (χ0) is 12.5. The first kappa shape index (κ1) is 11.7. The molecule has 0 atom stereocenters. The summed E-state index contributed by atoms with van der Waals surface area (Å²) in [7, 11) is -3.63. The van der Waals surface area contributed by atoms with Crippen molar-refractivity contribution in [3.63, 3.8) is 0 Å². The number of amides is 1. The number of sulfonamides is 1. The van der Waals surface area contributed by atoms with Crippen LogP contribution in [0.2, 0.25) is 0 Å². The number of rotatable bonds is 2. The second-order valence-electron chi connectivity index (χ2n) is 3.75. The fraction of sp³-hybridized carbons (Fsp3) is 0.182. The lowest BCUT2D eigenvalue weighted by Gasteiger charge is -2.22. The first-order valence-corrected chi connectivity index (χ1v) is 6.49. The Morgan fingerprint density at radius 1 is 1.24 bits per heavy atom. The number of hydrogen-bond acceptors (Lipinski definition) is 3. The molecule has 1 aromatic carbocycles. The maximum absolute atomic E-state index is 12.1. The summed E-state index contributed by atoms with van der Waals surface area (Å²) in [5.74, 6) is -0.344. The van der Waals surface area contributed by atoms with Gasteiger partial charge in [0.15, 0.2) is 0 Å². The Morgan fingerprint density at radius 3 is 2.47 bits per heavy atom. The van der Waals surface area contributed by atoms with Crippen LogP contribution in [0.15, 0.2) is 41.6 Å². The van der Waals surface area contributed by atoms with Gasteiger partial charge in [0.1, 0.15) is 6.54 Å². The molecule has 1 aliphatic rings. The van der Waals surface area contributed by atoms with E-state index in [1.54, 1.807) is 12.1 Å². The van der Waals surface area contributed by atoms with Gasteiger partial charge in [-0.15, -0.1) is 0 Å². The third-order valence-corrected chi connectivity index (χ3v) is 4.15. The van der Waals surface area contributed by atoms with Gasteiger partial charge in [-0.25, -0.2) is 8.42 Å². The number of carbonyl (C=O) groups is 1. The van der Waals surface area contributed by atoms with Crippen molar-refractivity contribution in [1.29, 1.82) is 0 Å². The minimum absolute atomic E-state index is 0.183. The fourth-order valence-electron chi connectivity index (χ4n) is 1.46. The second kappa shape index (κ2) is 4.21. The normalized spacial score (nSPS) is 15.8. The van der Waals surface area contributed by atoms with Crippen LogP contribution in [0.25, 0.3) is 0 Å². The summed E-state index contributed by atoms with van der Waals surface area (Å²) in [5.41, 5.74) is 0.982. The molecule has 0 aromatic heterocycles. The SMILES string of the molecule is Cc1ccc(S(=O)(=O)N2C=CNC(=O)C2)cc1. The Balaban J connectivity index is 2.36. The summed E-state index contributed by atoms with van der Waals surface area (Å²) >= 11 is 0. The molecule has 1 amide bonds. The van der Waals surface area contributed by atoms with Crippen LogP contribution < -0.4 is 5.32 Å². The monoisotopic (exact) mass is 252 g/mol. The van der Waals surface area contributed by atoms with Gasteiger partial charge in [-0.2, -0.15) is 0 Å². The summed E-state index contributed by atoms with van der Waals surface area (Å²) < 4.78 is 25.3. The third kappa shape index (κ3) is 2.31. The van der Waals surface area contributed by atoms with E-state index in [0.29, 0.717) is 0 Å². The molecule has 0 unspecified atom stereocenters. The van der Waals surface area contributed by atoms with Gasteiger partial charge in [-0.1, -0.05) is 17.7 Å². The Kier molecular flexibility index (Phi) is 2.89. The van der Waals surface area contributed by atoms with Crippen molar-refractivity contribution in [3.8, 4) is 0 Å². The Morgan fingerprint density at radius 2 is 1.88 bits per heavy atom. The molecule has 1 heterocycles. The van der Waals surface area contributed by atoms with Crippen LogP contribution in [0.4, 0.5) is 0 Å². The molecule has 2 rings (SSSR count). The van der Waals surface area contributed by atoms with E-state index in [1.165, 1.54) is 24.5 Å². The Labute approximate surface area is 99.8 Å². The lowest BCUT2D eigenvalue weighted by Crippen LogP contribution is -2.39. The van der Waals surface area contributed by atoms with Crippen LogP contribution >= 0.6 is 0 Å². The van der Waals surface area contributed by atoms with Crippen LogP contribution in [-0.4, -0.2) is 25.2 Å². The largest absolute Gasteiger partial charge is 0.330 e. The molecular weight excluding hydrogens is 240 g/mol. The van der Waals surface area contributed by atoms with E-state index in [0.717, 1.165) is 9.87 Å². The fourth-order valence-corrected chi connectivity index (χ4v) is 2.72. The Bertz CT molecular complexity index is 561. The van der Waals surface area contributed by atoms with Crippen molar-refractivity contribution < 1.29 is 13.2 Å². The van der Waals surface area contributed by atoms with Gasteiger partial charge in [0.2, 0.25) is 5.91 Å². The van der Waals surface area contributed by atoms with E-state index in [9.17, 15) is 13.2 Å². The zero-order valence-electron chi connectivity index (χ0n) is 9.25. The van der Waals surface area contributed by atoms with Gasteiger partial charge in [0, 0.05) is 12.4 Å². The summed E-state index contributed by atoms with van der Waals surface area (Å²) in [5, 5.41) is 2.42. The number of nitrogens with zero attached hydrogens (tertiary/aromatic N) is 1. The van der Waals surface area contributed by atoms with Gasteiger partial charge >= 0.3 is 0 Å². The average molecular weight is 252 g/mol. The topological polar surface area (TPSA) is 66.5 Å². The molecule has 5 nitrogen and oxygen atoms in total. The maximum atomic E-state index is 12.1. The van der Waals surface area contributed by atoms with Gasteiger partial charge < -0.3 is 5.32 Å². The van der Waals surface area contributed by atoms with Crippen LogP contribution in [0, 0.1) is 6.92 Å². The van der Waals surface area contributed by atoms with Crippen molar-refractivity contribution in [2.75, 3.05) is 6.54 Å². The van der Waals surface area contributed by atoms with Gasteiger partial charge in [0.25, 0.3) is 10.0 Å². The summed E-state index contributed by atoms with van der Waals surface area (Å²) in [6.45, 7) is 1.69. The first-order valence-electron chi connectivity index (χ1n) is 5.05. The van der Waals surface area contributed by atoms with E-state index in [-0.39, 0.29) is 17.3 Å². The smallest absolute Gasteiger partial charge is 0.264 e. The molecule has 1 aromatic rings. The van der Waals surface area contributed by atoms with Crippen molar-refractivity contribution in [3.05, 3.63) is 42.2 Å². The molecule has 17 heavy (non-hydrogen) atoms. The van der Waals surface area contributed by atoms with Crippen LogP contribution in [0.1, 0.15) is 5.56 Å². The molecule has 1 aliphatic heterocycles. The average Bonchev–Trinajstić information content (AvgIpc) is 2.29. The van der Waals surface area contributed by atoms with Crippen LogP contribution in [0.3, 0.4) is 0 Å². The predicted octanol–water partition coefficient (Wildman–Crippen LogP) is 0.587. The van der Waals surface area contributed by atoms with E-state index in [2.05, 4.69) is 5.32 Å². The first-order chi connectivity index (χ1) is 8.00. The van der Waals surface area contributed by atoms with Gasteiger partial charge in [-0.3, -0.25) is 9.10 Å². The number of benzene rings is 1. The molecule has 0 saturated heterocycles. The molecule has 0 bridgehead atoms. The highest BCUT2D eigenvalue weighted by Crippen LogP contribution is 2.17. The summed E-state index contributed by atoms with van der Waals surface area (Å²) in [4.78, 5) is 11.3. The molecule has 90 valence electrons. The Hall–Kier alpha value is -1.82. The van der Waals surface area contributed by atoms with Crippen molar-refractivity contribution in [1.82, 2.24) is 9.62 Å². The van der Waals surface area contributed by atoms with E-state index < -0.39 is 10.0 Å². The third-order valence-electron chi connectivity index (χ3n) is 2.41. The lowest BCUT2D eigenvalue weighted by atomic mass is 10.2. The predicted molar refractivity (Wildman–Crippen MR) is 62.4 cm³/mol. The molecule has 1 N–H and O–H groups in total. The molecule has 0 radical (unpaired) electrons. The maximum Gasteiger partial charge on any atom is 0.264 e. The minimum Gasteiger partial charge on any atom is -0.330 e. The quantitative estimate of drug-likeness (QED) is 0.837. The number of aryl methyl sites for hydroxylation is 1. The standard InChI is InChI=1S/C11H12N2O3S/c1-9-2-4-10(5-3-9)17(15,16)13-7-6-12-11(14)8-13/h2-7H,8H2,1H3,(H,12,14). The molecule has 0 spiro atoms. The number of nitrogens with one attached hydrogen (secondary N) is 1. The highest BCUT2D eigenvalue weighted by molar-refractivity contribution is 7.89. The molecular formula is C11H12N2O3S. The van der Waals surface area contributed by atoms with E-state index in [4.69, 9.17) is 0 Å². The van der Waals surface area contributed by atoms with E-state index >= 15 is 0 Å². The lowest BCUT2D eigenvalue weighted by molar-refractivity contribution is -0.120. The summed E-state index contributed by atoms with van der Waals surface area (Å²) in [6, 6.07) is 6.51. The van der Waals surface area contributed by atoms with Crippen LogP contribution in [0.5, 0.6) is 0 Å². The number of hydrogen-bond donors (Lipinski definition) is 1. The summed E-state index contributed by atoms with van der Waals surface area (Å²) in [6.07, 6.45) is 2.66. The van der Waals surface area contributed by atoms with Gasteiger partial charge in [0.05, 0.1) is 4.90 Å². The van der Waals surface area contributed by atoms with Crippen molar-refractivity contribution >= 4 is 15.9 Å². The second-order valence-corrected chi connectivity index (χ2v) is 5.64. The van der Waals surface area contributed by atoms with Gasteiger partial charge in [-0.05, 0) is 19.1 Å². The zero-order valence-corrected chi connectivity index (χ0v) is 10.1. The molecule has 0 fully saturated rings. The van der Waals surface area contributed by atoms with Crippen LogP contribution in [-0.2, 0) is 14.8 Å². The van der Waals surface area contributed by atoms with Crippen molar-refractivity contribution in [2.45, 2.75) is 11.8 Å².